The molecule has 7 heteroatoms. The molecule has 2 N–H and O–H groups in total. The summed E-state index contributed by atoms with van der Waals surface area (Å²) in [4.78, 5) is 28.7. The van der Waals surface area contributed by atoms with Crippen molar-refractivity contribution in [3.05, 3.63) is 46.0 Å². The minimum Gasteiger partial charge on any atom is -0.350 e. The second-order valence-corrected chi connectivity index (χ2v) is 5.41. The summed E-state index contributed by atoms with van der Waals surface area (Å²) in [6, 6.07) is 3.93. The van der Waals surface area contributed by atoms with Crippen molar-refractivity contribution in [1.82, 2.24) is 20.0 Å². The van der Waals surface area contributed by atoms with E-state index in [4.69, 9.17) is 0 Å². The van der Waals surface area contributed by atoms with Crippen molar-refractivity contribution < 1.29 is 4.79 Å². The van der Waals surface area contributed by atoms with Crippen LogP contribution in [0, 0.1) is 6.92 Å². The molecule has 3 rings (SSSR count). The standard InChI is InChI=1S/C15H18N4O2.ClH/c1-10-4-6-19-13(7-10)17-9-12(15(19)21)14(20)18-8-11-3-2-5-16-11;/h4,6-7,9,11,16H,2-3,5,8H2,1H3,(H,18,20);1H. The third-order valence-electron chi connectivity index (χ3n) is 3.78. The van der Waals surface area contributed by atoms with Crippen molar-refractivity contribution in [3.63, 3.8) is 0 Å². The number of pyridine rings is 1. The van der Waals surface area contributed by atoms with E-state index in [9.17, 15) is 9.59 Å². The molecule has 0 aromatic carbocycles. The summed E-state index contributed by atoms with van der Waals surface area (Å²) in [6.07, 6.45) is 5.18. The molecule has 0 radical (unpaired) electrons. The molecule has 0 saturated carbocycles. The molecule has 0 spiro atoms. The lowest BCUT2D eigenvalue weighted by Crippen LogP contribution is -2.39. The summed E-state index contributed by atoms with van der Waals surface area (Å²) in [7, 11) is 0. The van der Waals surface area contributed by atoms with E-state index in [0.717, 1.165) is 24.9 Å². The molecular formula is C15H19ClN4O2. The molecule has 1 saturated heterocycles. The van der Waals surface area contributed by atoms with Crippen LogP contribution in [-0.4, -0.2) is 34.4 Å². The molecule has 6 nitrogen and oxygen atoms in total. The highest BCUT2D eigenvalue weighted by Gasteiger charge is 2.17. The Kier molecular flexibility index (Phi) is 5.15. The van der Waals surface area contributed by atoms with Gasteiger partial charge in [0.25, 0.3) is 11.5 Å². The van der Waals surface area contributed by atoms with E-state index < -0.39 is 0 Å². The normalized spacial score (nSPS) is 17.2. The van der Waals surface area contributed by atoms with Gasteiger partial charge in [-0.05, 0) is 44.0 Å². The van der Waals surface area contributed by atoms with Gasteiger partial charge in [0.05, 0.1) is 0 Å². The van der Waals surface area contributed by atoms with Crippen molar-refractivity contribution in [2.24, 2.45) is 0 Å². The van der Waals surface area contributed by atoms with Crippen LogP contribution in [0.3, 0.4) is 0 Å². The summed E-state index contributed by atoms with van der Waals surface area (Å²) in [5.74, 6) is -0.365. The Morgan fingerprint density at radius 2 is 2.36 bits per heavy atom. The highest BCUT2D eigenvalue weighted by molar-refractivity contribution is 5.93. The number of halogens is 1. The quantitative estimate of drug-likeness (QED) is 0.880. The Labute approximate surface area is 134 Å². The van der Waals surface area contributed by atoms with E-state index in [0.29, 0.717) is 18.2 Å². The number of rotatable bonds is 3. The zero-order valence-electron chi connectivity index (χ0n) is 12.3. The van der Waals surface area contributed by atoms with Crippen LogP contribution < -0.4 is 16.2 Å². The summed E-state index contributed by atoms with van der Waals surface area (Å²) >= 11 is 0. The molecule has 1 unspecified atom stereocenters. The van der Waals surface area contributed by atoms with Crippen LogP contribution in [0.5, 0.6) is 0 Å². The fraction of sp³-hybridized carbons (Fsp3) is 0.400. The largest absolute Gasteiger partial charge is 0.350 e. The lowest BCUT2D eigenvalue weighted by atomic mass is 10.2. The van der Waals surface area contributed by atoms with Gasteiger partial charge in [0, 0.05) is 25.0 Å². The second kappa shape index (κ2) is 6.89. The molecule has 3 heterocycles. The number of nitrogens with zero attached hydrogens (tertiary/aromatic N) is 2. The molecule has 1 fully saturated rings. The summed E-state index contributed by atoms with van der Waals surface area (Å²) < 4.78 is 1.40. The van der Waals surface area contributed by atoms with E-state index in [1.54, 1.807) is 6.20 Å². The summed E-state index contributed by atoms with van der Waals surface area (Å²) in [5.41, 5.74) is 1.31. The van der Waals surface area contributed by atoms with E-state index >= 15 is 0 Å². The zero-order valence-corrected chi connectivity index (χ0v) is 13.2. The third kappa shape index (κ3) is 3.28. The molecule has 0 bridgehead atoms. The van der Waals surface area contributed by atoms with Gasteiger partial charge in [0.1, 0.15) is 11.2 Å². The van der Waals surface area contributed by atoms with Crippen molar-refractivity contribution in [3.8, 4) is 0 Å². The van der Waals surface area contributed by atoms with E-state index in [-0.39, 0.29) is 29.4 Å². The number of nitrogens with one attached hydrogen (secondary N) is 2. The van der Waals surface area contributed by atoms with Crippen LogP contribution in [0.1, 0.15) is 28.8 Å². The van der Waals surface area contributed by atoms with Gasteiger partial charge >= 0.3 is 0 Å². The van der Waals surface area contributed by atoms with Crippen LogP contribution in [0.15, 0.2) is 29.3 Å². The average molecular weight is 323 g/mol. The molecule has 0 aliphatic carbocycles. The van der Waals surface area contributed by atoms with Crippen molar-refractivity contribution in [2.45, 2.75) is 25.8 Å². The van der Waals surface area contributed by atoms with Crippen LogP contribution >= 0.6 is 12.4 Å². The number of hydrogen-bond acceptors (Lipinski definition) is 4. The summed E-state index contributed by atoms with van der Waals surface area (Å²) in [6.45, 7) is 3.45. The average Bonchev–Trinajstić information content (AvgIpc) is 2.98. The molecule has 1 aliphatic heterocycles. The van der Waals surface area contributed by atoms with Gasteiger partial charge in [0.15, 0.2) is 0 Å². The Bertz CT molecular complexity index is 738. The van der Waals surface area contributed by atoms with E-state index in [2.05, 4.69) is 15.6 Å². The van der Waals surface area contributed by atoms with Crippen molar-refractivity contribution in [1.29, 1.82) is 0 Å². The van der Waals surface area contributed by atoms with Gasteiger partial charge in [-0.15, -0.1) is 12.4 Å². The zero-order chi connectivity index (χ0) is 14.8. The van der Waals surface area contributed by atoms with E-state index in [1.165, 1.54) is 10.6 Å². The highest BCUT2D eigenvalue weighted by Crippen LogP contribution is 2.04. The fourth-order valence-electron chi connectivity index (χ4n) is 2.57. The maximum absolute atomic E-state index is 12.3. The lowest BCUT2D eigenvalue weighted by Gasteiger charge is -2.11. The van der Waals surface area contributed by atoms with Gasteiger partial charge in [-0.2, -0.15) is 0 Å². The maximum Gasteiger partial charge on any atom is 0.270 e. The molecule has 2 aromatic rings. The minimum atomic E-state index is -0.365. The predicted molar refractivity (Wildman–Crippen MR) is 86.8 cm³/mol. The molecule has 1 aliphatic rings. The Balaban J connectivity index is 0.00000176. The molecule has 22 heavy (non-hydrogen) atoms. The highest BCUT2D eigenvalue weighted by atomic mass is 35.5. The number of carbonyl (C=O) groups is 1. The molecular weight excluding hydrogens is 304 g/mol. The monoisotopic (exact) mass is 322 g/mol. The first-order valence-electron chi connectivity index (χ1n) is 7.15. The maximum atomic E-state index is 12.3. The topological polar surface area (TPSA) is 75.5 Å². The van der Waals surface area contributed by atoms with Crippen LogP contribution in [0.4, 0.5) is 0 Å². The molecule has 1 amide bonds. The van der Waals surface area contributed by atoms with Gasteiger partial charge < -0.3 is 10.6 Å². The lowest BCUT2D eigenvalue weighted by molar-refractivity contribution is 0.0948. The van der Waals surface area contributed by atoms with Gasteiger partial charge in [-0.25, -0.2) is 4.98 Å². The van der Waals surface area contributed by atoms with E-state index in [1.807, 2.05) is 19.1 Å². The Morgan fingerprint density at radius 1 is 1.55 bits per heavy atom. The first-order chi connectivity index (χ1) is 10.1. The number of fused-ring (bicyclic) bond motifs is 1. The Morgan fingerprint density at radius 3 is 3.09 bits per heavy atom. The number of hydrogen-bond donors (Lipinski definition) is 2. The summed E-state index contributed by atoms with van der Waals surface area (Å²) in [5, 5.41) is 6.10. The fourth-order valence-corrected chi connectivity index (χ4v) is 2.57. The Hall–Kier alpha value is -1.92. The van der Waals surface area contributed by atoms with Crippen molar-refractivity contribution in [2.75, 3.05) is 13.1 Å². The molecule has 118 valence electrons. The predicted octanol–water partition coefficient (Wildman–Crippen LogP) is 0.907. The van der Waals surface area contributed by atoms with Gasteiger partial charge in [0.2, 0.25) is 0 Å². The number of aryl methyl sites for hydroxylation is 1. The third-order valence-corrected chi connectivity index (χ3v) is 3.78. The van der Waals surface area contributed by atoms with Crippen LogP contribution in [0.25, 0.3) is 5.65 Å². The molecule has 2 aromatic heterocycles. The van der Waals surface area contributed by atoms with Crippen molar-refractivity contribution >= 4 is 24.0 Å². The molecule has 1 atom stereocenters. The van der Waals surface area contributed by atoms with Crippen LogP contribution in [0.2, 0.25) is 0 Å². The van der Waals surface area contributed by atoms with Gasteiger partial charge in [-0.1, -0.05) is 0 Å². The SMILES string of the molecule is Cc1ccn2c(=O)c(C(=O)NCC3CCCN3)cnc2c1.Cl. The van der Waals surface area contributed by atoms with Crippen LogP contribution in [-0.2, 0) is 0 Å². The second-order valence-electron chi connectivity index (χ2n) is 5.41. The smallest absolute Gasteiger partial charge is 0.270 e. The number of amides is 1. The minimum absolute atomic E-state index is 0. The number of aromatic nitrogens is 2. The van der Waals surface area contributed by atoms with Gasteiger partial charge in [-0.3, -0.25) is 14.0 Å². The number of carbonyl (C=O) groups excluding carboxylic acids is 1. The first-order valence-corrected chi connectivity index (χ1v) is 7.15. The first kappa shape index (κ1) is 16.5.